The summed E-state index contributed by atoms with van der Waals surface area (Å²) in [5.74, 6) is 1.26. The van der Waals surface area contributed by atoms with Crippen LogP contribution in [-0.2, 0) is 0 Å². The van der Waals surface area contributed by atoms with E-state index in [1.165, 1.54) is 0 Å². The van der Waals surface area contributed by atoms with Crippen LogP contribution in [0.15, 0.2) is 176 Å². The molecular weight excluding hydrogens is 799 g/mol. The smallest absolute Gasteiger partial charge is 0.164 e. The number of fused-ring (bicyclic) bond motifs is 3. The number of rotatable bonds is 7. The van der Waals surface area contributed by atoms with Gasteiger partial charge in [-0.1, -0.05) is 97.1 Å². The minimum atomic E-state index is 0.291. The predicted molar refractivity (Wildman–Crippen MR) is 250 cm³/mol. The third-order valence-corrected chi connectivity index (χ3v) is 11.3. The fraction of sp³-hybridized carbons (Fsp3) is 0. The summed E-state index contributed by atoms with van der Waals surface area (Å²) in [5, 5.41) is 52.8. The fourth-order valence-corrected chi connectivity index (χ4v) is 8.37. The number of aromatic nitrogens is 4. The second-order valence-electron chi connectivity index (χ2n) is 15.3. The Labute approximate surface area is 373 Å². The SMILES string of the molecule is N#Cc1cccc(-c2ccc3c(c2)c2ccccc2n3-c2c(-c3cc(C#N)cc(C#N)c3)cc(-c3nc(-c4ccccc4)nc(-c4ccccc4)n3)cc2-c2cc(C#N)cc(C#N)c2)c1. The lowest BCUT2D eigenvalue weighted by atomic mass is 9.90. The van der Waals surface area contributed by atoms with E-state index in [0.717, 1.165) is 44.1 Å². The molecule has 0 radical (unpaired) electrons. The number of hydrogen-bond donors (Lipinski definition) is 0. The van der Waals surface area contributed by atoms with Crippen LogP contribution in [0.3, 0.4) is 0 Å². The first-order chi connectivity index (χ1) is 31.9. The van der Waals surface area contributed by atoms with E-state index in [1.807, 2.05) is 121 Å². The van der Waals surface area contributed by atoms with Gasteiger partial charge in [0.15, 0.2) is 17.5 Å². The topological polar surface area (TPSA) is 163 Å². The molecule has 0 saturated heterocycles. The Kier molecular flexibility index (Phi) is 9.93. The zero-order chi connectivity index (χ0) is 44.4. The molecule has 0 aliphatic rings. The van der Waals surface area contributed by atoms with E-state index in [4.69, 9.17) is 15.0 Å². The van der Waals surface area contributed by atoms with E-state index in [9.17, 15) is 26.3 Å². The molecule has 0 bridgehead atoms. The maximum Gasteiger partial charge on any atom is 0.164 e. The van der Waals surface area contributed by atoms with Crippen LogP contribution in [0.4, 0.5) is 0 Å². The van der Waals surface area contributed by atoms with Gasteiger partial charge in [-0.2, -0.15) is 26.3 Å². The van der Waals surface area contributed by atoms with Gasteiger partial charge in [0.05, 0.1) is 74.9 Å². The summed E-state index contributed by atoms with van der Waals surface area (Å²) < 4.78 is 2.16. The lowest BCUT2D eigenvalue weighted by molar-refractivity contribution is 1.07. The highest BCUT2D eigenvalue weighted by Crippen LogP contribution is 2.45. The van der Waals surface area contributed by atoms with Gasteiger partial charge in [0.2, 0.25) is 0 Å². The molecule has 0 unspecified atom stereocenters. The molecule has 9 nitrogen and oxygen atoms in total. The van der Waals surface area contributed by atoms with Gasteiger partial charge in [0.1, 0.15) is 0 Å². The van der Waals surface area contributed by atoms with Crippen molar-refractivity contribution in [1.29, 1.82) is 26.3 Å². The van der Waals surface area contributed by atoms with Gasteiger partial charge in [-0.15, -0.1) is 0 Å². The summed E-state index contributed by atoms with van der Waals surface area (Å²) in [6, 6.07) is 66.4. The Morgan fingerprint density at radius 3 is 1.26 bits per heavy atom. The van der Waals surface area contributed by atoms with E-state index in [1.54, 1.807) is 42.5 Å². The minimum absolute atomic E-state index is 0.291. The summed E-state index contributed by atoms with van der Waals surface area (Å²) in [5.41, 5.74) is 10.5. The largest absolute Gasteiger partial charge is 0.308 e. The van der Waals surface area contributed by atoms with Crippen LogP contribution in [0.25, 0.3) is 95.0 Å². The van der Waals surface area contributed by atoms with E-state index in [0.29, 0.717) is 78.8 Å². The fourth-order valence-electron chi connectivity index (χ4n) is 8.37. The van der Waals surface area contributed by atoms with Crippen LogP contribution in [0.1, 0.15) is 27.8 Å². The molecule has 0 spiro atoms. The van der Waals surface area contributed by atoms with E-state index in [2.05, 4.69) is 47.0 Å². The van der Waals surface area contributed by atoms with Gasteiger partial charge in [-0.3, -0.25) is 0 Å². The van der Waals surface area contributed by atoms with Crippen LogP contribution < -0.4 is 0 Å². The molecule has 8 aromatic carbocycles. The molecule has 0 amide bonds. The molecule has 2 aromatic heterocycles. The number of nitrogens with zero attached hydrogens (tertiary/aromatic N) is 9. The van der Waals surface area contributed by atoms with Gasteiger partial charge < -0.3 is 4.57 Å². The van der Waals surface area contributed by atoms with Gasteiger partial charge >= 0.3 is 0 Å². The highest BCUT2D eigenvalue weighted by molar-refractivity contribution is 6.12. The van der Waals surface area contributed by atoms with Gasteiger partial charge in [0, 0.05) is 38.6 Å². The van der Waals surface area contributed by atoms with Crippen LogP contribution in [0, 0.1) is 56.7 Å². The maximum absolute atomic E-state index is 10.3. The number of para-hydroxylation sites is 1. The van der Waals surface area contributed by atoms with Crippen molar-refractivity contribution in [3.05, 3.63) is 204 Å². The minimum Gasteiger partial charge on any atom is -0.308 e. The van der Waals surface area contributed by atoms with Gasteiger partial charge in [-0.05, 0) is 101 Å². The second kappa shape index (κ2) is 16.5. The lowest BCUT2D eigenvalue weighted by Gasteiger charge is -2.21. The molecule has 0 fully saturated rings. The highest BCUT2D eigenvalue weighted by atomic mass is 15.0. The first kappa shape index (κ1) is 39.2. The highest BCUT2D eigenvalue weighted by Gasteiger charge is 2.24. The van der Waals surface area contributed by atoms with Crippen molar-refractivity contribution in [3.8, 4) is 104 Å². The Morgan fingerprint density at radius 1 is 0.308 bits per heavy atom. The van der Waals surface area contributed by atoms with Crippen molar-refractivity contribution in [2.45, 2.75) is 0 Å². The molecular formula is C56H29N9. The summed E-state index contributed by atoms with van der Waals surface area (Å²) >= 11 is 0. The number of nitriles is 5. The predicted octanol–water partition coefficient (Wildman–Crippen LogP) is 12.3. The number of hydrogen-bond acceptors (Lipinski definition) is 8. The Balaban J connectivity index is 1.36. The standard InChI is InChI=1S/C56H29N9/c57-30-35-10-9-15-42(22-35)43-18-19-52-50(27-43)47-16-7-8-17-51(47)65(52)53-48(44-23-36(31-58)20-37(24-44)32-59)28-46(29-49(53)45-25-38(33-60)21-39(26-45)34-61)56-63-54(40-11-3-1-4-12-40)62-55(64-56)41-13-5-2-6-14-41/h1-29H. The second-order valence-corrected chi connectivity index (χ2v) is 15.3. The molecule has 9 heteroatoms. The van der Waals surface area contributed by atoms with Crippen molar-refractivity contribution in [1.82, 2.24) is 19.5 Å². The maximum atomic E-state index is 10.3. The third-order valence-electron chi connectivity index (χ3n) is 11.3. The Bertz CT molecular complexity index is 3560. The monoisotopic (exact) mass is 827 g/mol. The first-order valence-electron chi connectivity index (χ1n) is 20.5. The van der Waals surface area contributed by atoms with Crippen LogP contribution in [-0.4, -0.2) is 19.5 Å². The summed E-state index contributed by atoms with van der Waals surface area (Å²) in [6.45, 7) is 0. The summed E-state index contributed by atoms with van der Waals surface area (Å²) in [6.07, 6.45) is 0. The molecule has 0 saturated carbocycles. The average Bonchev–Trinajstić information content (AvgIpc) is 3.71. The molecule has 10 aromatic rings. The Hall–Kier alpha value is -9.98. The third kappa shape index (κ3) is 7.25. The van der Waals surface area contributed by atoms with Crippen molar-refractivity contribution < 1.29 is 0 Å². The van der Waals surface area contributed by atoms with Crippen molar-refractivity contribution >= 4 is 21.8 Å². The summed E-state index contributed by atoms with van der Waals surface area (Å²) in [7, 11) is 0. The first-order valence-corrected chi connectivity index (χ1v) is 20.5. The van der Waals surface area contributed by atoms with Crippen LogP contribution in [0.5, 0.6) is 0 Å². The molecule has 298 valence electrons. The quantitative estimate of drug-likeness (QED) is 0.153. The molecule has 0 N–H and O–H groups in total. The molecule has 2 heterocycles. The lowest BCUT2D eigenvalue weighted by Crippen LogP contribution is -2.04. The van der Waals surface area contributed by atoms with E-state index < -0.39 is 0 Å². The molecule has 0 atom stereocenters. The zero-order valence-electron chi connectivity index (χ0n) is 34.3. The van der Waals surface area contributed by atoms with E-state index >= 15 is 0 Å². The van der Waals surface area contributed by atoms with Crippen molar-refractivity contribution in [2.75, 3.05) is 0 Å². The van der Waals surface area contributed by atoms with Crippen molar-refractivity contribution in [2.24, 2.45) is 0 Å². The summed E-state index contributed by atoms with van der Waals surface area (Å²) in [4.78, 5) is 15.1. The molecule has 10 rings (SSSR count). The van der Waals surface area contributed by atoms with E-state index in [-0.39, 0.29) is 0 Å². The van der Waals surface area contributed by atoms with Crippen molar-refractivity contribution in [3.63, 3.8) is 0 Å². The number of benzene rings is 8. The van der Waals surface area contributed by atoms with Gasteiger partial charge in [-0.25, -0.2) is 15.0 Å². The van der Waals surface area contributed by atoms with Crippen LogP contribution >= 0.6 is 0 Å². The molecule has 0 aliphatic carbocycles. The Morgan fingerprint density at radius 2 is 0.738 bits per heavy atom. The average molecular weight is 828 g/mol. The molecule has 0 aliphatic heterocycles. The van der Waals surface area contributed by atoms with Gasteiger partial charge in [0.25, 0.3) is 0 Å². The zero-order valence-corrected chi connectivity index (χ0v) is 34.3. The molecule has 65 heavy (non-hydrogen) atoms. The van der Waals surface area contributed by atoms with Crippen LogP contribution in [0.2, 0.25) is 0 Å². The normalized spacial score (nSPS) is 10.7.